The van der Waals surface area contributed by atoms with Crippen LogP contribution < -0.4 is 0 Å². The maximum Gasteiger partial charge on any atom is 0.231 e. The third kappa shape index (κ3) is 6.46. The van der Waals surface area contributed by atoms with Crippen molar-refractivity contribution in [2.75, 3.05) is 0 Å². The third-order valence-electron chi connectivity index (χ3n) is 3.43. The summed E-state index contributed by atoms with van der Waals surface area (Å²) in [4.78, 5) is 16.7. The van der Waals surface area contributed by atoms with Crippen LogP contribution in [0.1, 0.15) is 44.6 Å². The van der Waals surface area contributed by atoms with Crippen LogP contribution in [0.25, 0.3) is 0 Å². The van der Waals surface area contributed by atoms with Gasteiger partial charge in [-0.15, -0.1) is 0 Å². The van der Waals surface area contributed by atoms with Gasteiger partial charge in [0.25, 0.3) is 0 Å². The second-order valence-corrected chi connectivity index (χ2v) is 4.69. The van der Waals surface area contributed by atoms with E-state index in [1.165, 1.54) is 37.7 Å². The molecule has 2 N–H and O–H groups in total. The van der Waals surface area contributed by atoms with E-state index < -0.39 is 0 Å². The van der Waals surface area contributed by atoms with Gasteiger partial charge in [0.05, 0.1) is 0 Å². The molecule has 0 aromatic heterocycles. The Morgan fingerprint density at radius 1 is 0.947 bits per heavy atom. The van der Waals surface area contributed by atoms with Crippen molar-refractivity contribution in [3.63, 3.8) is 0 Å². The van der Waals surface area contributed by atoms with Crippen LogP contribution >= 0.6 is 0 Å². The molecule has 0 amide bonds. The van der Waals surface area contributed by atoms with Crippen molar-refractivity contribution in [2.24, 2.45) is 0 Å². The standard InChI is InChI=1S/C13H18.2CHNO/c1-13(10-6-3-7-11-13)12-8-4-2-5-9-12;2*2-1-3/h2,4-5,8-9H,3,6-7,10-11H2,1H3;2*2H. The quantitative estimate of drug-likeness (QED) is 0.596. The van der Waals surface area contributed by atoms with Gasteiger partial charge >= 0.3 is 0 Å². The molecule has 1 saturated carbocycles. The Morgan fingerprint density at radius 2 is 1.37 bits per heavy atom. The van der Waals surface area contributed by atoms with E-state index in [2.05, 4.69) is 37.3 Å². The number of hydrogen-bond donors (Lipinski definition) is 2. The molecule has 1 aliphatic carbocycles. The van der Waals surface area contributed by atoms with Crippen molar-refractivity contribution in [1.29, 1.82) is 10.8 Å². The summed E-state index contributed by atoms with van der Waals surface area (Å²) in [6.07, 6.45) is 8.49. The van der Waals surface area contributed by atoms with Gasteiger partial charge in [-0.3, -0.25) is 0 Å². The molecule has 0 unspecified atom stereocenters. The molecule has 19 heavy (non-hydrogen) atoms. The number of rotatable bonds is 1. The van der Waals surface area contributed by atoms with E-state index in [1.807, 2.05) is 0 Å². The van der Waals surface area contributed by atoms with Crippen molar-refractivity contribution in [1.82, 2.24) is 0 Å². The minimum absolute atomic E-state index is 0.472. The summed E-state index contributed by atoms with van der Waals surface area (Å²) >= 11 is 0. The Labute approximate surface area is 113 Å². The summed E-state index contributed by atoms with van der Waals surface area (Å²) in [6.45, 7) is 2.42. The Balaban J connectivity index is 0.000000465. The maximum absolute atomic E-state index is 8.35. The van der Waals surface area contributed by atoms with Crippen molar-refractivity contribution < 1.29 is 9.59 Å². The number of hydrogen-bond acceptors (Lipinski definition) is 4. The second kappa shape index (κ2) is 9.95. The van der Waals surface area contributed by atoms with Crippen LogP contribution in [-0.2, 0) is 15.0 Å². The lowest BCUT2D eigenvalue weighted by Gasteiger charge is -2.34. The molecule has 4 nitrogen and oxygen atoms in total. The fraction of sp³-hybridized carbons (Fsp3) is 0.467. The lowest BCUT2D eigenvalue weighted by molar-refractivity contribution is 0.319. The average Bonchev–Trinajstić information content (AvgIpc) is 2.42. The van der Waals surface area contributed by atoms with E-state index in [0.717, 1.165) is 12.2 Å². The molecule has 0 saturated heterocycles. The molecule has 2 rings (SSSR count). The molecule has 1 fully saturated rings. The topological polar surface area (TPSA) is 81.8 Å². The van der Waals surface area contributed by atoms with Crippen LogP contribution in [0.4, 0.5) is 0 Å². The van der Waals surface area contributed by atoms with Gasteiger partial charge < -0.3 is 0 Å². The van der Waals surface area contributed by atoms with Crippen LogP contribution in [-0.4, -0.2) is 12.2 Å². The van der Waals surface area contributed by atoms with Gasteiger partial charge in [0, 0.05) is 0 Å². The van der Waals surface area contributed by atoms with Crippen molar-refractivity contribution in [3.05, 3.63) is 35.9 Å². The highest BCUT2D eigenvalue weighted by atomic mass is 16.1. The molecule has 4 heteroatoms. The Hall–Kier alpha value is -2.02. The zero-order chi connectivity index (χ0) is 14.6. The number of isocyanates is 2. The molecule has 1 aromatic rings. The monoisotopic (exact) mass is 260 g/mol. The van der Waals surface area contributed by atoms with Gasteiger partial charge in [0.1, 0.15) is 0 Å². The summed E-state index contributed by atoms with van der Waals surface area (Å²) in [5.74, 6) is 0. The number of nitrogens with one attached hydrogen (secondary N) is 2. The fourth-order valence-electron chi connectivity index (χ4n) is 2.46. The van der Waals surface area contributed by atoms with Gasteiger partial charge in [-0.05, 0) is 23.8 Å². The molecule has 102 valence electrons. The van der Waals surface area contributed by atoms with Crippen molar-refractivity contribution in [2.45, 2.75) is 44.4 Å². The SMILES string of the molecule is CC1(c2ccccc2)CCCCC1.N=C=O.N=C=O. The third-order valence-corrected chi connectivity index (χ3v) is 3.43. The first-order valence-corrected chi connectivity index (χ1v) is 6.28. The Bertz CT molecular complexity index is 399. The minimum atomic E-state index is 0.472. The molecule has 0 atom stereocenters. The molecular formula is C15H20N2O2. The molecule has 0 bridgehead atoms. The predicted octanol–water partition coefficient (Wildman–Crippen LogP) is 3.71. The molecule has 0 aliphatic heterocycles. The van der Waals surface area contributed by atoms with Gasteiger partial charge in [-0.25, -0.2) is 20.4 Å². The fourth-order valence-corrected chi connectivity index (χ4v) is 2.46. The molecule has 1 aliphatic rings. The summed E-state index contributed by atoms with van der Waals surface area (Å²) in [7, 11) is 0. The van der Waals surface area contributed by atoms with Crippen LogP contribution in [0.3, 0.4) is 0 Å². The lowest BCUT2D eigenvalue weighted by Crippen LogP contribution is -2.24. The zero-order valence-corrected chi connectivity index (χ0v) is 11.2. The summed E-state index contributed by atoms with van der Waals surface area (Å²) in [6, 6.07) is 11.0. The van der Waals surface area contributed by atoms with Crippen LogP contribution in [0.5, 0.6) is 0 Å². The van der Waals surface area contributed by atoms with Crippen molar-refractivity contribution in [3.8, 4) is 0 Å². The van der Waals surface area contributed by atoms with Gasteiger partial charge in [-0.1, -0.05) is 56.5 Å². The normalized spacial score (nSPS) is 15.4. The van der Waals surface area contributed by atoms with E-state index in [-0.39, 0.29) is 0 Å². The smallest absolute Gasteiger partial charge is 0.222 e. The van der Waals surface area contributed by atoms with Gasteiger partial charge in [-0.2, -0.15) is 0 Å². The summed E-state index contributed by atoms with van der Waals surface area (Å²) < 4.78 is 0. The van der Waals surface area contributed by atoms with Crippen LogP contribution in [0, 0.1) is 10.8 Å². The van der Waals surface area contributed by atoms with E-state index in [0.29, 0.717) is 5.41 Å². The molecular weight excluding hydrogens is 240 g/mol. The maximum atomic E-state index is 8.35. The number of carbonyl (C=O) groups excluding carboxylic acids is 2. The Morgan fingerprint density at radius 3 is 1.79 bits per heavy atom. The van der Waals surface area contributed by atoms with E-state index in [9.17, 15) is 0 Å². The first kappa shape index (κ1) is 17.0. The van der Waals surface area contributed by atoms with E-state index in [4.69, 9.17) is 20.4 Å². The van der Waals surface area contributed by atoms with Crippen molar-refractivity contribution >= 4 is 12.2 Å². The number of benzene rings is 1. The first-order valence-electron chi connectivity index (χ1n) is 6.28. The molecule has 1 aromatic carbocycles. The lowest BCUT2D eigenvalue weighted by atomic mass is 9.71. The first-order chi connectivity index (χ1) is 9.14. The van der Waals surface area contributed by atoms with Gasteiger partial charge in [0.2, 0.25) is 12.2 Å². The van der Waals surface area contributed by atoms with Crippen LogP contribution in [0.2, 0.25) is 0 Å². The highest BCUT2D eigenvalue weighted by Crippen LogP contribution is 2.38. The zero-order valence-electron chi connectivity index (χ0n) is 11.2. The highest BCUT2D eigenvalue weighted by Gasteiger charge is 2.27. The summed E-state index contributed by atoms with van der Waals surface area (Å²) in [5.41, 5.74) is 2.01. The molecule has 0 heterocycles. The van der Waals surface area contributed by atoms with Gasteiger partial charge in [0.15, 0.2) is 0 Å². The van der Waals surface area contributed by atoms with Crippen LogP contribution in [0.15, 0.2) is 30.3 Å². The average molecular weight is 260 g/mol. The van der Waals surface area contributed by atoms with E-state index >= 15 is 0 Å². The predicted molar refractivity (Wildman–Crippen MR) is 73.7 cm³/mol. The second-order valence-electron chi connectivity index (χ2n) is 4.69. The highest BCUT2D eigenvalue weighted by molar-refractivity contribution is 5.26. The largest absolute Gasteiger partial charge is 0.231 e. The van der Waals surface area contributed by atoms with E-state index in [1.54, 1.807) is 0 Å². The summed E-state index contributed by atoms with van der Waals surface area (Å²) in [5, 5.41) is 10.8. The molecule has 0 spiro atoms. The Kier molecular flexibility index (Phi) is 8.90. The molecule has 0 radical (unpaired) electrons. The minimum Gasteiger partial charge on any atom is -0.222 e.